The van der Waals surface area contributed by atoms with Gasteiger partial charge in [0.25, 0.3) is 0 Å². The minimum absolute atomic E-state index is 0.0946. The quantitative estimate of drug-likeness (QED) is 0.217. The molecule has 10 heteroatoms. The van der Waals surface area contributed by atoms with Crippen molar-refractivity contribution in [2.75, 3.05) is 11.9 Å². The summed E-state index contributed by atoms with van der Waals surface area (Å²) in [7, 11) is 0. The van der Waals surface area contributed by atoms with Crippen molar-refractivity contribution in [2.45, 2.75) is 88.8 Å². The summed E-state index contributed by atoms with van der Waals surface area (Å²) in [5.41, 5.74) is 2.15. The number of hydrogen-bond acceptors (Lipinski definition) is 6. The molecule has 0 unspecified atom stereocenters. The Bertz CT molecular complexity index is 1570. The lowest BCUT2D eigenvalue weighted by Gasteiger charge is -2.51. The topological polar surface area (TPSA) is 145 Å². The molecule has 46 heavy (non-hydrogen) atoms. The highest BCUT2D eigenvalue weighted by Gasteiger charge is 2.53. The molecule has 3 aliphatic rings. The van der Waals surface area contributed by atoms with Crippen molar-refractivity contribution in [3.05, 3.63) is 66.2 Å². The molecule has 0 atom stereocenters. The number of anilines is 1. The van der Waals surface area contributed by atoms with Crippen molar-refractivity contribution in [3.63, 3.8) is 0 Å². The minimum atomic E-state index is -1.13. The van der Waals surface area contributed by atoms with Crippen LogP contribution >= 0.6 is 0 Å². The van der Waals surface area contributed by atoms with Gasteiger partial charge in [0.2, 0.25) is 11.8 Å². The number of amides is 3. The highest BCUT2D eigenvalue weighted by molar-refractivity contribution is 5.91. The second-order valence-electron chi connectivity index (χ2n) is 13.6. The number of aliphatic hydroxyl groups is 1. The van der Waals surface area contributed by atoms with E-state index in [9.17, 15) is 24.6 Å². The fourth-order valence-corrected chi connectivity index (χ4v) is 7.54. The predicted octanol–water partition coefficient (Wildman–Crippen LogP) is 5.96. The van der Waals surface area contributed by atoms with Crippen molar-refractivity contribution >= 4 is 23.7 Å². The highest BCUT2D eigenvalue weighted by Crippen LogP contribution is 2.48. The van der Waals surface area contributed by atoms with Crippen LogP contribution < -0.4 is 10.6 Å². The molecule has 0 bridgehead atoms. The average molecular weight is 626 g/mol. The smallest absolute Gasteiger partial charge is 0.405 e. The molecule has 242 valence electrons. The van der Waals surface area contributed by atoms with E-state index >= 15 is 0 Å². The van der Waals surface area contributed by atoms with E-state index in [0.29, 0.717) is 23.8 Å². The normalized spacial score (nSPS) is 25.6. The maximum absolute atomic E-state index is 13.1. The second-order valence-corrected chi connectivity index (χ2v) is 13.6. The summed E-state index contributed by atoms with van der Waals surface area (Å²) < 4.78 is 0. The minimum Gasteiger partial charge on any atom is -0.465 e. The largest absolute Gasteiger partial charge is 0.465 e. The van der Waals surface area contributed by atoms with Crippen molar-refractivity contribution in [1.82, 2.24) is 20.4 Å². The monoisotopic (exact) mass is 625 g/mol. The van der Waals surface area contributed by atoms with Gasteiger partial charge < -0.3 is 25.7 Å². The maximum atomic E-state index is 13.1. The van der Waals surface area contributed by atoms with Crippen LogP contribution in [0.2, 0.25) is 0 Å². The molecule has 1 heterocycles. The van der Waals surface area contributed by atoms with E-state index in [1.54, 1.807) is 6.92 Å². The van der Waals surface area contributed by atoms with Crippen molar-refractivity contribution in [3.8, 4) is 22.4 Å². The summed E-state index contributed by atoms with van der Waals surface area (Å²) >= 11 is 0. The van der Waals surface area contributed by atoms with Crippen molar-refractivity contribution in [1.29, 1.82) is 0 Å². The van der Waals surface area contributed by atoms with Crippen molar-refractivity contribution in [2.24, 2.45) is 11.8 Å². The summed E-state index contributed by atoms with van der Waals surface area (Å²) in [6.07, 6.45) is 5.58. The number of benzene rings is 2. The molecule has 0 aliphatic heterocycles. The predicted molar refractivity (Wildman–Crippen MR) is 175 cm³/mol. The molecule has 4 N–H and O–H groups in total. The Morgan fingerprint density at radius 2 is 1.59 bits per heavy atom. The standard InChI is InChI=1S/C36H43N5O5/c1-3-41(33(43)26-11-12-26)28-17-9-23(10-18-28)19-31(42)37-30-20-29(24-7-5-4-6-8-24)32(40-39-30)25-13-15-27(16-14-25)36(38-34(44)45)21-35(2,46)22-36/h4-8,13-16,20,23,26,28,38,46H,3,9-12,17-19,21-22H2,1-2H3,(H,44,45)(H,37,39,42)/t23-,28-,35-,36+. The van der Waals surface area contributed by atoms with Gasteiger partial charge in [-0.05, 0) is 75.5 Å². The van der Waals surface area contributed by atoms with Gasteiger partial charge in [0.05, 0.1) is 11.1 Å². The van der Waals surface area contributed by atoms with E-state index in [1.807, 2.05) is 60.7 Å². The van der Waals surface area contributed by atoms with Crippen LogP contribution in [-0.2, 0) is 15.1 Å². The van der Waals surface area contributed by atoms with Crippen LogP contribution in [0.3, 0.4) is 0 Å². The van der Waals surface area contributed by atoms with Gasteiger partial charge in [-0.15, -0.1) is 10.2 Å². The third kappa shape index (κ3) is 6.92. The zero-order valence-electron chi connectivity index (χ0n) is 26.5. The number of carboxylic acid groups (broad SMARTS) is 1. The van der Waals surface area contributed by atoms with E-state index in [2.05, 4.69) is 32.7 Å². The Morgan fingerprint density at radius 1 is 0.913 bits per heavy atom. The van der Waals surface area contributed by atoms with Crippen LogP contribution in [0, 0.1) is 11.8 Å². The lowest BCUT2D eigenvalue weighted by Crippen LogP contribution is -2.61. The molecule has 3 aliphatic carbocycles. The fourth-order valence-electron chi connectivity index (χ4n) is 7.54. The van der Waals surface area contributed by atoms with Crippen LogP contribution in [0.25, 0.3) is 22.4 Å². The van der Waals surface area contributed by atoms with Crippen LogP contribution in [0.4, 0.5) is 10.6 Å². The van der Waals surface area contributed by atoms with Gasteiger partial charge >= 0.3 is 6.09 Å². The van der Waals surface area contributed by atoms with E-state index < -0.39 is 17.2 Å². The summed E-state index contributed by atoms with van der Waals surface area (Å²) in [6.45, 7) is 4.51. The fraction of sp³-hybridized carbons (Fsp3) is 0.472. The van der Waals surface area contributed by atoms with Crippen LogP contribution in [0.5, 0.6) is 0 Å². The van der Waals surface area contributed by atoms with Gasteiger partial charge in [-0.2, -0.15) is 0 Å². The van der Waals surface area contributed by atoms with Gasteiger partial charge in [-0.3, -0.25) is 9.59 Å². The Morgan fingerprint density at radius 3 is 2.17 bits per heavy atom. The number of nitrogens with zero attached hydrogens (tertiary/aromatic N) is 3. The summed E-state index contributed by atoms with van der Waals surface area (Å²) in [6, 6.07) is 19.4. The number of carbonyl (C=O) groups excluding carboxylic acids is 2. The Hall–Kier alpha value is -4.31. The van der Waals surface area contributed by atoms with Crippen LogP contribution in [0.1, 0.15) is 77.2 Å². The lowest BCUT2D eigenvalue weighted by molar-refractivity contribution is -0.135. The average Bonchev–Trinajstić information content (AvgIpc) is 3.87. The van der Waals surface area contributed by atoms with Gasteiger partial charge in [-0.25, -0.2) is 4.79 Å². The summed E-state index contributed by atoms with van der Waals surface area (Å²) in [4.78, 5) is 39.4. The van der Waals surface area contributed by atoms with Crippen LogP contribution in [-0.4, -0.2) is 61.4 Å². The molecular formula is C36H43N5O5. The molecule has 3 fully saturated rings. The molecule has 0 saturated heterocycles. The molecule has 3 saturated carbocycles. The molecule has 2 aromatic carbocycles. The number of rotatable bonds is 10. The Labute approximate surface area is 269 Å². The zero-order valence-corrected chi connectivity index (χ0v) is 26.5. The van der Waals surface area contributed by atoms with Gasteiger partial charge in [-0.1, -0.05) is 54.6 Å². The highest BCUT2D eigenvalue weighted by atomic mass is 16.4. The Kier molecular flexibility index (Phi) is 8.83. The molecule has 0 radical (unpaired) electrons. The molecule has 10 nitrogen and oxygen atoms in total. The first kappa shape index (κ1) is 31.7. The lowest BCUT2D eigenvalue weighted by atomic mass is 9.62. The van der Waals surface area contributed by atoms with E-state index in [0.717, 1.165) is 67.3 Å². The van der Waals surface area contributed by atoms with Crippen LogP contribution in [0.15, 0.2) is 60.7 Å². The maximum Gasteiger partial charge on any atom is 0.405 e. The molecule has 1 aromatic heterocycles. The molecule has 6 rings (SSSR count). The number of carbonyl (C=O) groups is 3. The second kappa shape index (κ2) is 12.8. The van der Waals surface area contributed by atoms with Gasteiger partial charge in [0, 0.05) is 48.9 Å². The SMILES string of the molecule is CCN(C(=O)C1CC1)[C@H]1CC[C@H](CC(=O)Nc2cc(-c3ccccc3)c(-c3ccc([C@]4(NC(=O)O)C[C@@](C)(O)C4)cc3)nn2)CC1. The summed E-state index contributed by atoms with van der Waals surface area (Å²) in [5.74, 6) is 1.09. The molecule has 3 aromatic rings. The molecular weight excluding hydrogens is 582 g/mol. The number of aromatic nitrogens is 2. The third-order valence-corrected chi connectivity index (χ3v) is 9.85. The first-order valence-electron chi connectivity index (χ1n) is 16.4. The van der Waals surface area contributed by atoms with E-state index in [4.69, 9.17) is 0 Å². The number of nitrogens with one attached hydrogen (secondary N) is 2. The molecule has 3 amide bonds. The summed E-state index contributed by atoms with van der Waals surface area (Å²) in [5, 5.41) is 34.3. The van der Waals surface area contributed by atoms with E-state index in [-0.39, 0.29) is 36.6 Å². The van der Waals surface area contributed by atoms with Crippen molar-refractivity contribution < 1.29 is 24.6 Å². The Balaban J connectivity index is 1.15. The molecule has 0 spiro atoms. The van der Waals surface area contributed by atoms with E-state index in [1.165, 1.54) is 0 Å². The van der Waals surface area contributed by atoms with Gasteiger partial charge in [0.1, 0.15) is 5.69 Å². The zero-order chi connectivity index (χ0) is 32.5. The number of hydrogen-bond donors (Lipinski definition) is 4. The first-order valence-corrected chi connectivity index (χ1v) is 16.4. The first-order chi connectivity index (χ1) is 22.1. The van der Waals surface area contributed by atoms with Gasteiger partial charge in [0.15, 0.2) is 5.82 Å². The third-order valence-electron chi connectivity index (χ3n) is 9.85.